The summed E-state index contributed by atoms with van der Waals surface area (Å²) in [5.41, 5.74) is 5.46. The first-order valence-corrected chi connectivity index (χ1v) is 14.8. The smallest absolute Gasteiger partial charge is 0.271 e. The molecule has 2 aromatic heterocycles. The van der Waals surface area contributed by atoms with Crippen LogP contribution in [0, 0.1) is 0 Å². The molecule has 0 spiro atoms. The number of para-hydroxylation sites is 2. The zero-order chi connectivity index (χ0) is 28.7. The number of hydrogen-bond donors (Lipinski definition) is 2. The molecule has 8 nitrogen and oxygen atoms in total. The van der Waals surface area contributed by atoms with Gasteiger partial charge in [-0.3, -0.25) is 9.78 Å². The molecule has 1 saturated heterocycles. The molecule has 3 unspecified atom stereocenters. The quantitative estimate of drug-likeness (QED) is 0.212. The van der Waals surface area contributed by atoms with E-state index in [1.165, 1.54) is 6.20 Å². The minimum atomic E-state index is -0.549. The molecular formula is C33H30N4O4S. The van der Waals surface area contributed by atoms with Crippen LogP contribution in [0.1, 0.15) is 51.6 Å². The van der Waals surface area contributed by atoms with Gasteiger partial charge in [-0.05, 0) is 41.0 Å². The van der Waals surface area contributed by atoms with Crippen molar-refractivity contribution in [2.24, 2.45) is 0 Å². The summed E-state index contributed by atoms with van der Waals surface area (Å²) in [6.07, 6.45) is 3.23. The van der Waals surface area contributed by atoms with Gasteiger partial charge in [0.05, 0.1) is 41.1 Å². The number of ether oxygens (including phenoxy) is 2. The molecule has 2 N–H and O–H groups in total. The van der Waals surface area contributed by atoms with E-state index in [0.717, 1.165) is 38.5 Å². The van der Waals surface area contributed by atoms with Crippen LogP contribution in [0.3, 0.4) is 0 Å². The normalized spacial score (nSPS) is 18.5. The summed E-state index contributed by atoms with van der Waals surface area (Å²) in [5.74, 6) is 0.462. The number of nitrogens with one attached hydrogen (secondary N) is 1. The van der Waals surface area contributed by atoms with Gasteiger partial charge in [-0.15, -0.1) is 11.8 Å². The van der Waals surface area contributed by atoms with E-state index in [-0.39, 0.29) is 30.4 Å². The highest BCUT2D eigenvalue weighted by molar-refractivity contribution is 7.99. The van der Waals surface area contributed by atoms with Crippen molar-refractivity contribution in [3.63, 3.8) is 0 Å². The third-order valence-electron chi connectivity index (χ3n) is 7.06. The monoisotopic (exact) mass is 578 g/mol. The molecule has 212 valence electrons. The molecule has 0 aliphatic carbocycles. The van der Waals surface area contributed by atoms with Crippen molar-refractivity contribution in [2.45, 2.75) is 43.1 Å². The molecule has 3 atom stereocenters. The van der Waals surface area contributed by atoms with E-state index < -0.39 is 6.29 Å². The molecule has 6 rings (SSSR count). The van der Waals surface area contributed by atoms with Crippen LogP contribution in [-0.4, -0.2) is 37.8 Å². The molecule has 3 aromatic carbocycles. The number of fused-ring (bicyclic) bond motifs is 1. The van der Waals surface area contributed by atoms with Crippen LogP contribution in [0.15, 0.2) is 108 Å². The Morgan fingerprint density at radius 1 is 0.857 bits per heavy atom. The summed E-state index contributed by atoms with van der Waals surface area (Å²) >= 11 is 1.66. The Morgan fingerprint density at radius 3 is 2.36 bits per heavy atom. The van der Waals surface area contributed by atoms with Gasteiger partial charge in [0.2, 0.25) is 0 Å². The molecule has 0 saturated carbocycles. The van der Waals surface area contributed by atoms with Gasteiger partial charge < -0.3 is 19.9 Å². The Hall–Kier alpha value is -4.15. The number of hydrogen-bond acceptors (Lipinski definition) is 8. The number of aromatic nitrogens is 3. The molecule has 1 aliphatic rings. The molecule has 9 heteroatoms. The summed E-state index contributed by atoms with van der Waals surface area (Å²) < 4.78 is 12.9. The molecule has 1 fully saturated rings. The first-order chi connectivity index (χ1) is 20.6. The van der Waals surface area contributed by atoms with E-state index in [9.17, 15) is 9.90 Å². The van der Waals surface area contributed by atoms with Crippen LogP contribution in [0.5, 0.6) is 0 Å². The average Bonchev–Trinajstić information content (AvgIpc) is 3.06. The summed E-state index contributed by atoms with van der Waals surface area (Å²) in [6.45, 7) is 0.354. The zero-order valence-electron chi connectivity index (χ0n) is 22.8. The van der Waals surface area contributed by atoms with Gasteiger partial charge in [-0.1, -0.05) is 66.7 Å². The van der Waals surface area contributed by atoms with Crippen LogP contribution < -0.4 is 5.32 Å². The highest BCUT2D eigenvalue weighted by Crippen LogP contribution is 2.39. The van der Waals surface area contributed by atoms with Crippen molar-refractivity contribution < 1.29 is 19.4 Å². The maximum atomic E-state index is 12.7. The highest BCUT2D eigenvalue weighted by atomic mass is 32.2. The Bertz CT molecular complexity index is 1630. The summed E-state index contributed by atoms with van der Waals surface area (Å²) in [6, 6.07) is 29.1. The van der Waals surface area contributed by atoms with Gasteiger partial charge in [0, 0.05) is 30.5 Å². The van der Waals surface area contributed by atoms with Gasteiger partial charge in [0.1, 0.15) is 5.69 Å². The Balaban J connectivity index is 1.12. The van der Waals surface area contributed by atoms with Crippen molar-refractivity contribution in [1.82, 2.24) is 20.3 Å². The van der Waals surface area contributed by atoms with E-state index >= 15 is 0 Å². The van der Waals surface area contributed by atoms with Crippen LogP contribution in [-0.2, 0) is 22.6 Å². The van der Waals surface area contributed by atoms with Crippen molar-refractivity contribution in [2.75, 3.05) is 5.75 Å². The fourth-order valence-corrected chi connectivity index (χ4v) is 5.65. The first-order valence-electron chi connectivity index (χ1n) is 13.8. The van der Waals surface area contributed by atoms with Crippen LogP contribution in [0.4, 0.5) is 0 Å². The lowest BCUT2D eigenvalue weighted by molar-refractivity contribution is -0.245. The Labute approximate surface area is 248 Å². The number of nitrogens with zero attached hydrogens (tertiary/aromatic N) is 3. The minimum Gasteiger partial charge on any atom is -0.392 e. The molecule has 0 radical (unpaired) electrons. The van der Waals surface area contributed by atoms with Gasteiger partial charge in [-0.2, -0.15) is 0 Å². The maximum Gasteiger partial charge on any atom is 0.271 e. The van der Waals surface area contributed by atoms with Crippen molar-refractivity contribution in [1.29, 1.82) is 0 Å². The molecule has 42 heavy (non-hydrogen) atoms. The molecule has 5 aromatic rings. The van der Waals surface area contributed by atoms with Crippen LogP contribution >= 0.6 is 11.8 Å². The third kappa shape index (κ3) is 6.83. The topological polar surface area (TPSA) is 106 Å². The molecule has 1 amide bonds. The lowest BCUT2D eigenvalue weighted by Gasteiger charge is -2.36. The summed E-state index contributed by atoms with van der Waals surface area (Å²) in [7, 11) is 0. The van der Waals surface area contributed by atoms with Gasteiger partial charge >= 0.3 is 0 Å². The van der Waals surface area contributed by atoms with E-state index in [0.29, 0.717) is 18.5 Å². The van der Waals surface area contributed by atoms with E-state index in [1.54, 1.807) is 18.0 Å². The van der Waals surface area contributed by atoms with Crippen LogP contribution in [0.25, 0.3) is 11.0 Å². The molecule has 3 heterocycles. The Morgan fingerprint density at radius 2 is 1.60 bits per heavy atom. The fraction of sp³-hybridized carbons (Fsp3) is 0.212. The maximum absolute atomic E-state index is 12.7. The van der Waals surface area contributed by atoms with E-state index in [4.69, 9.17) is 9.47 Å². The second-order valence-corrected chi connectivity index (χ2v) is 11.0. The molecular weight excluding hydrogens is 548 g/mol. The molecule has 1 aliphatic heterocycles. The number of aliphatic hydroxyl groups is 1. The number of pyridine rings is 1. The second-order valence-electron chi connectivity index (χ2n) is 10.00. The summed E-state index contributed by atoms with van der Waals surface area (Å²) in [5, 5.41) is 13.3. The number of rotatable bonds is 9. The number of amides is 1. The lowest BCUT2D eigenvalue weighted by Crippen LogP contribution is -2.31. The number of benzene rings is 3. The second kappa shape index (κ2) is 13.2. The predicted octanol–water partition coefficient (Wildman–Crippen LogP) is 5.78. The van der Waals surface area contributed by atoms with E-state index in [1.807, 2.05) is 91.0 Å². The largest absolute Gasteiger partial charge is 0.392 e. The van der Waals surface area contributed by atoms with Crippen molar-refractivity contribution >= 4 is 28.7 Å². The predicted molar refractivity (Wildman–Crippen MR) is 161 cm³/mol. The van der Waals surface area contributed by atoms with Crippen molar-refractivity contribution in [3.8, 4) is 0 Å². The standard InChI is InChI=1S/C33H30N4O4S/c38-20-23-10-12-24(13-11-23)30-17-26(21-42-31-7-3-4-16-34-31)40-33(41-30)25-14-8-22(9-15-25)18-36-32(39)29-19-35-27-5-1-2-6-28(27)37-29/h1-16,19,26,30,33,38H,17-18,20-21H2,(H,36,39). The highest BCUT2D eigenvalue weighted by Gasteiger charge is 2.32. The first kappa shape index (κ1) is 28.0. The SMILES string of the molecule is O=C(NCc1ccc(C2OC(CSc3ccccn3)CC(c3ccc(CO)cc3)O2)cc1)c1cnc2ccccc2n1. The van der Waals surface area contributed by atoms with Crippen LogP contribution in [0.2, 0.25) is 0 Å². The van der Waals surface area contributed by atoms with Gasteiger partial charge in [-0.25, -0.2) is 9.97 Å². The fourth-order valence-electron chi connectivity index (χ4n) is 4.77. The van der Waals surface area contributed by atoms with Crippen molar-refractivity contribution in [3.05, 3.63) is 131 Å². The van der Waals surface area contributed by atoms with Gasteiger partial charge in [0.15, 0.2) is 6.29 Å². The Kier molecular flexibility index (Phi) is 8.81. The van der Waals surface area contributed by atoms with Gasteiger partial charge in [0.25, 0.3) is 5.91 Å². The summed E-state index contributed by atoms with van der Waals surface area (Å²) in [4.78, 5) is 25.9. The average molecular weight is 579 g/mol. The van der Waals surface area contributed by atoms with E-state index in [2.05, 4.69) is 20.3 Å². The number of thioether (sulfide) groups is 1. The lowest BCUT2D eigenvalue weighted by atomic mass is 10.0. The minimum absolute atomic E-state index is 0.00332. The molecule has 0 bridgehead atoms. The third-order valence-corrected chi connectivity index (χ3v) is 8.13. The number of carbonyl (C=O) groups is 1. The number of aliphatic hydroxyl groups excluding tert-OH is 1. The zero-order valence-corrected chi connectivity index (χ0v) is 23.6. The number of carbonyl (C=O) groups excluding carboxylic acids is 1.